The molecule has 0 radical (unpaired) electrons. The Morgan fingerprint density at radius 2 is 0.900 bits per heavy atom. The van der Waals surface area contributed by atoms with Crippen LogP contribution in [0.1, 0.15) is 12.3 Å². The minimum absolute atomic E-state index is 0.0217. The first-order valence-electron chi connectivity index (χ1n) is 20.8. The number of anilines is 3. The van der Waals surface area contributed by atoms with Crippen LogP contribution in [0.5, 0.6) is 0 Å². The number of fused-ring (bicyclic) bond motifs is 3. The summed E-state index contributed by atoms with van der Waals surface area (Å²) in [6, 6.07) is 42.9. The van der Waals surface area contributed by atoms with E-state index in [-0.39, 0.29) is 16.7 Å². The highest BCUT2D eigenvalue weighted by Gasteiger charge is 2.20. The van der Waals surface area contributed by atoms with Gasteiger partial charge in [-0.25, -0.2) is 0 Å². The van der Waals surface area contributed by atoms with E-state index in [9.17, 15) is 0 Å². The summed E-state index contributed by atoms with van der Waals surface area (Å²) in [6.07, 6.45) is 0. The van der Waals surface area contributed by atoms with Gasteiger partial charge in [0.1, 0.15) is 5.58 Å². The van der Waals surface area contributed by atoms with Gasteiger partial charge in [0.25, 0.3) is 0 Å². The van der Waals surface area contributed by atoms with Crippen LogP contribution in [0, 0.1) is 0 Å². The number of nitrogens with zero attached hydrogens (tertiary/aromatic N) is 1. The molecule has 8 aromatic carbocycles. The smallest absolute Gasteiger partial charge is 0.159 e. The van der Waals surface area contributed by atoms with Crippen molar-refractivity contribution < 1.29 is 16.8 Å². The van der Waals surface area contributed by atoms with Crippen LogP contribution >= 0.6 is 0 Å². The van der Waals surface area contributed by atoms with Gasteiger partial charge < -0.3 is 9.32 Å². The predicted molar refractivity (Wildman–Crippen MR) is 210 cm³/mol. The van der Waals surface area contributed by atoms with E-state index in [1.165, 1.54) is 0 Å². The molecule has 0 bridgehead atoms. The fourth-order valence-electron chi connectivity index (χ4n) is 6.60. The van der Waals surface area contributed by atoms with Gasteiger partial charge in [-0.2, -0.15) is 0 Å². The normalized spacial score (nSPS) is 13.7. The monoisotopic (exact) mass is 648 g/mol. The molecule has 1 heterocycles. The second kappa shape index (κ2) is 12.8. The van der Waals surface area contributed by atoms with E-state index in [1.807, 2.05) is 84.9 Å². The van der Waals surface area contributed by atoms with Crippen LogP contribution in [0.25, 0.3) is 66.4 Å². The molecule has 0 fully saturated rings. The van der Waals surface area contributed by atoms with Crippen LogP contribution in [-0.4, -0.2) is 0 Å². The van der Waals surface area contributed by atoms with Crippen molar-refractivity contribution in [1.82, 2.24) is 0 Å². The SMILES string of the molecule is [2H]c1c([2H])c([2H])c(-c2c([2H])c([2H])c([2H])c([2H])c2-c2ccc(N(c3ccc(-c4ccccc4-c4ccccc4)cc3)c3cccc4c3oc3ccccc34)cc2)c([2H])c1[2H]. The van der Waals surface area contributed by atoms with Crippen molar-refractivity contribution in [2.45, 2.75) is 0 Å². The fourth-order valence-corrected chi connectivity index (χ4v) is 6.60. The topological polar surface area (TPSA) is 16.4 Å². The summed E-state index contributed by atoms with van der Waals surface area (Å²) < 4.78 is 83.6. The Morgan fingerprint density at radius 1 is 0.380 bits per heavy atom. The molecule has 9 aromatic rings. The molecule has 0 saturated carbocycles. The zero-order chi connectivity index (χ0) is 41.1. The molecule has 0 atom stereocenters. The van der Waals surface area contributed by atoms with Gasteiger partial charge in [0.05, 0.1) is 18.0 Å². The van der Waals surface area contributed by atoms with E-state index in [0.717, 1.165) is 50.0 Å². The summed E-state index contributed by atoms with van der Waals surface area (Å²) in [5, 5.41) is 1.92. The van der Waals surface area contributed by atoms with Gasteiger partial charge >= 0.3 is 0 Å². The molecular formula is C48H33NO. The Labute approximate surface area is 304 Å². The summed E-state index contributed by atoms with van der Waals surface area (Å²) in [5.41, 5.74) is 8.00. The molecule has 0 amide bonds. The van der Waals surface area contributed by atoms with E-state index < -0.39 is 54.4 Å². The zero-order valence-electron chi connectivity index (χ0n) is 35.7. The summed E-state index contributed by atoms with van der Waals surface area (Å²) in [7, 11) is 0. The maximum atomic E-state index is 9.00. The first kappa shape index (κ1) is 21.4. The van der Waals surface area contributed by atoms with E-state index in [4.69, 9.17) is 16.8 Å². The van der Waals surface area contributed by atoms with Crippen LogP contribution in [0.2, 0.25) is 0 Å². The van der Waals surface area contributed by atoms with Crippen LogP contribution < -0.4 is 4.90 Å². The third-order valence-electron chi connectivity index (χ3n) is 8.92. The van der Waals surface area contributed by atoms with Crippen molar-refractivity contribution in [2.24, 2.45) is 0 Å². The highest BCUT2D eigenvalue weighted by Crippen LogP contribution is 2.43. The number of benzene rings is 8. The van der Waals surface area contributed by atoms with Crippen molar-refractivity contribution in [3.05, 3.63) is 200 Å². The van der Waals surface area contributed by atoms with E-state index >= 15 is 0 Å². The molecule has 0 aliphatic heterocycles. The van der Waals surface area contributed by atoms with Gasteiger partial charge in [0, 0.05) is 22.1 Å². The average molecular weight is 649 g/mol. The van der Waals surface area contributed by atoms with Gasteiger partial charge in [-0.15, -0.1) is 0 Å². The Balaban J connectivity index is 1.22. The lowest BCUT2D eigenvalue weighted by atomic mass is 9.94. The number of hydrogen-bond donors (Lipinski definition) is 0. The van der Waals surface area contributed by atoms with Gasteiger partial charge in [-0.1, -0.05) is 164 Å². The van der Waals surface area contributed by atoms with Crippen molar-refractivity contribution in [3.8, 4) is 44.5 Å². The van der Waals surface area contributed by atoms with Gasteiger partial charge in [0.15, 0.2) is 5.58 Å². The maximum Gasteiger partial charge on any atom is 0.159 e. The molecule has 0 spiro atoms. The molecule has 0 aliphatic carbocycles. The third kappa shape index (κ3) is 5.34. The standard InChI is InChI=1S/C48H33NO/c1-3-14-34(15-4-1)40-18-7-9-20-42(40)36-26-30-38(31-27-36)49(46-24-13-23-45-44-22-11-12-25-47(44)50-48(45)46)39-32-28-37(29-33-39)43-21-10-8-19-41(43)35-16-5-2-6-17-35/h1-33H/i1D,3D,4D,7D,9D,14D,15D,18D,20D. The Kier molecular flexibility index (Phi) is 5.45. The van der Waals surface area contributed by atoms with Crippen LogP contribution in [0.15, 0.2) is 204 Å². The zero-order valence-corrected chi connectivity index (χ0v) is 26.7. The summed E-state index contributed by atoms with van der Waals surface area (Å²) in [6.45, 7) is 0. The molecule has 2 nitrogen and oxygen atoms in total. The number of para-hydroxylation sites is 2. The minimum Gasteiger partial charge on any atom is -0.454 e. The highest BCUT2D eigenvalue weighted by molar-refractivity contribution is 6.10. The lowest BCUT2D eigenvalue weighted by Gasteiger charge is -2.26. The lowest BCUT2D eigenvalue weighted by Crippen LogP contribution is -2.10. The maximum absolute atomic E-state index is 9.00. The lowest BCUT2D eigenvalue weighted by molar-refractivity contribution is 0.669. The van der Waals surface area contributed by atoms with Crippen LogP contribution in [0.4, 0.5) is 17.1 Å². The number of rotatable bonds is 7. The Morgan fingerprint density at radius 3 is 1.58 bits per heavy atom. The molecule has 2 heteroatoms. The summed E-state index contributed by atoms with van der Waals surface area (Å²) in [5.74, 6) is 0. The molecule has 50 heavy (non-hydrogen) atoms. The molecular weight excluding hydrogens is 607 g/mol. The number of furan rings is 1. The largest absolute Gasteiger partial charge is 0.454 e. The highest BCUT2D eigenvalue weighted by atomic mass is 16.3. The van der Waals surface area contributed by atoms with Crippen LogP contribution in [-0.2, 0) is 0 Å². The molecule has 0 unspecified atom stereocenters. The van der Waals surface area contributed by atoms with Gasteiger partial charge in [-0.05, 0) is 80.9 Å². The van der Waals surface area contributed by atoms with E-state index in [0.29, 0.717) is 16.8 Å². The second-order valence-corrected chi connectivity index (χ2v) is 11.8. The average Bonchev–Trinajstić information content (AvgIpc) is 3.66. The van der Waals surface area contributed by atoms with Crippen molar-refractivity contribution >= 4 is 39.0 Å². The first-order chi connectivity index (χ1) is 28.5. The third-order valence-corrected chi connectivity index (χ3v) is 8.92. The summed E-state index contributed by atoms with van der Waals surface area (Å²) in [4.78, 5) is 2.07. The predicted octanol–water partition coefficient (Wildman–Crippen LogP) is 13.7. The van der Waals surface area contributed by atoms with Crippen LogP contribution in [0.3, 0.4) is 0 Å². The molecule has 236 valence electrons. The fraction of sp³-hybridized carbons (Fsp3) is 0. The van der Waals surface area contributed by atoms with Crippen molar-refractivity contribution in [2.75, 3.05) is 4.90 Å². The van der Waals surface area contributed by atoms with Gasteiger partial charge in [-0.3, -0.25) is 0 Å². The summed E-state index contributed by atoms with van der Waals surface area (Å²) >= 11 is 0. The molecule has 0 aliphatic rings. The minimum atomic E-state index is -0.598. The first-order valence-corrected chi connectivity index (χ1v) is 16.3. The van der Waals surface area contributed by atoms with E-state index in [2.05, 4.69) is 53.4 Å². The Bertz CT molecular complexity index is 3060. The van der Waals surface area contributed by atoms with Crippen molar-refractivity contribution in [3.63, 3.8) is 0 Å². The molecule has 0 N–H and O–H groups in total. The molecule has 0 saturated heterocycles. The molecule has 1 aromatic heterocycles. The Hall–Kier alpha value is -6.64. The van der Waals surface area contributed by atoms with E-state index in [1.54, 1.807) is 12.1 Å². The second-order valence-electron chi connectivity index (χ2n) is 11.8. The quantitative estimate of drug-likeness (QED) is 0.171. The number of hydrogen-bond acceptors (Lipinski definition) is 2. The molecule has 9 rings (SSSR count). The van der Waals surface area contributed by atoms with Gasteiger partial charge in [0.2, 0.25) is 0 Å². The van der Waals surface area contributed by atoms with Crippen molar-refractivity contribution in [1.29, 1.82) is 0 Å².